The third kappa shape index (κ3) is 2.30. The number of aryl methyl sites for hydroxylation is 1. The number of anilines is 1. The van der Waals surface area contributed by atoms with Crippen molar-refractivity contribution in [2.24, 2.45) is 0 Å². The fourth-order valence-corrected chi connectivity index (χ4v) is 2.07. The van der Waals surface area contributed by atoms with Gasteiger partial charge in [0.15, 0.2) is 0 Å². The second-order valence-corrected chi connectivity index (χ2v) is 5.20. The Hall–Kier alpha value is -2.21. The van der Waals surface area contributed by atoms with Crippen LogP contribution in [0.3, 0.4) is 0 Å². The van der Waals surface area contributed by atoms with E-state index >= 15 is 0 Å². The zero-order valence-corrected chi connectivity index (χ0v) is 12.3. The number of pyridine rings is 1. The molecule has 100 valence electrons. The summed E-state index contributed by atoms with van der Waals surface area (Å²) in [6.07, 6.45) is 3.45. The van der Waals surface area contributed by atoms with Gasteiger partial charge < -0.3 is 10.3 Å². The molecule has 0 amide bonds. The molecule has 3 aromatic rings. The van der Waals surface area contributed by atoms with E-state index in [9.17, 15) is 0 Å². The molecule has 0 atom stereocenters. The highest BCUT2D eigenvalue weighted by atomic mass is 79.9. The molecule has 20 heavy (non-hydrogen) atoms. The summed E-state index contributed by atoms with van der Waals surface area (Å²) in [5.41, 5.74) is 9.16. The van der Waals surface area contributed by atoms with Gasteiger partial charge in [0.2, 0.25) is 5.82 Å². The Morgan fingerprint density at radius 1 is 1.25 bits per heavy atom. The van der Waals surface area contributed by atoms with Gasteiger partial charge in [-0.15, -0.1) is 0 Å². The quantitative estimate of drug-likeness (QED) is 0.728. The second-order valence-electron chi connectivity index (χ2n) is 4.35. The molecule has 0 aliphatic carbocycles. The van der Waals surface area contributed by atoms with Crippen LogP contribution in [0.1, 0.15) is 5.56 Å². The molecule has 6 heteroatoms. The molecule has 5 nitrogen and oxygen atoms in total. The number of hydrogen-bond donors (Lipinski definition) is 1. The fraction of sp³-hybridized carbons (Fsp3) is 0.0714. The van der Waals surface area contributed by atoms with Crippen LogP contribution in [-0.4, -0.2) is 15.1 Å². The molecule has 0 unspecified atom stereocenters. The van der Waals surface area contributed by atoms with Crippen LogP contribution < -0.4 is 5.73 Å². The van der Waals surface area contributed by atoms with E-state index in [-0.39, 0.29) is 0 Å². The van der Waals surface area contributed by atoms with Crippen LogP contribution in [0.25, 0.3) is 22.8 Å². The van der Waals surface area contributed by atoms with Crippen LogP contribution in [-0.2, 0) is 0 Å². The van der Waals surface area contributed by atoms with E-state index in [4.69, 9.17) is 10.3 Å². The molecule has 2 aromatic heterocycles. The molecular weight excluding hydrogens is 320 g/mol. The maximum atomic E-state index is 5.85. The van der Waals surface area contributed by atoms with Crippen molar-refractivity contribution in [2.75, 3.05) is 5.73 Å². The summed E-state index contributed by atoms with van der Waals surface area (Å²) < 4.78 is 6.13. The van der Waals surface area contributed by atoms with Crippen LogP contribution in [0.5, 0.6) is 0 Å². The average molecular weight is 331 g/mol. The number of benzene rings is 1. The minimum Gasteiger partial charge on any atom is -0.398 e. The van der Waals surface area contributed by atoms with Crippen molar-refractivity contribution < 1.29 is 4.52 Å². The minimum atomic E-state index is 0.433. The number of rotatable bonds is 2. The summed E-state index contributed by atoms with van der Waals surface area (Å²) in [4.78, 5) is 8.48. The van der Waals surface area contributed by atoms with Gasteiger partial charge in [-0.2, -0.15) is 4.98 Å². The Bertz CT molecular complexity index is 769. The summed E-state index contributed by atoms with van der Waals surface area (Å²) in [5, 5.41) is 4.00. The smallest absolute Gasteiger partial charge is 0.258 e. The molecule has 0 fully saturated rings. The highest BCUT2D eigenvalue weighted by molar-refractivity contribution is 9.10. The fourth-order valence-electron chi connectivity index (χ4n) is 1.83. The summed E-state index contributed by atoms with van der Waals surface area (Å²) in [6.45, 7) is 1.98. The van der Waals surface area contributed by atoms with Crippen LogP contribution in [0, 0.1) is 6.92 Å². The predicted molar refractivity (Wildman–Crippen MR) is 79.8 cm³/mol. The normalized spacial score (nSPS) is 10.7. The van der Waals surface area contributed by atoms with Crippen LogP contribution >= 0.6 is 15.9 Å². The van der Waals surface area contributed by atoms with Crippen LogP contribution in [0.4, 0.5) is 5.69 Å². The average Bonchev–Trinajstić information content (AvgIpc) is 2.92. The molecule has 0 aliphatic heterocycles. The summed E-state index contributed by atoms with van der Waals surface area (Å²) >= 11 is 3.35. The van der Waals surface area contributed by atoms with E-state index in [1.54, 1.807) is 18.5 Å². The molecular formula is C14H11BrN4O. The number of nitrogen functional groups attached to an aromatic ring is 1. The first-order chi connectivity index (χ1) is 9.65. The first-order valence-corrected chi connectivity index (χ1v) is 6.74. The lowest BCUT2D eigenvalue weighted by Gasteiger charge is -1.99. The second kappa shape index (κ2) is 5.05. The summed E-state index contributed by atoms with van der Waals surface area (Å²) in [5.74, 6) is 0.953. The van der Waals surface area contributed by atoms with Crippen molar-refractivity contribution in [1.29, 1.82) is 0 Å². The minimum absolute atomic E-state index is 0.433. The predicted octanol–water partition coefficient (Wildman–Crippen LogP) is 3.45. The van der Waals surface area contributed by atoms with Gasteiger partial charge in [0, 0.05) is 33.7 Å². The number of hydrogen-bond acceptors (Lipinski definition) is 5. The molecule has 0 saturated heterocycles. The van der Waals surface area contributed by atoms with Gasteiger partial charge in [-0.05, 0) is 52.7 Å². The maximum Gasteiger partial charge on any atom is 0.258 e. The molecule has 0 aliphatic rings. The van der Waals surface area contributed by atoms with Crippen molar-refractivity contribution in [3.05, 3.63) is 46.7 Å². The van der Waals surface area contributed by atoms with E-state index in [1.807, 2.05) is 25.1 Å². The van der Waals surface area contributed by atoms with Gasteiger partial charge in [0.05, 0.1) is 0 Å². The molecule has 2 N–H and O–H groups in total. The number of halogens is 1. The zero-order chi connectivity index (χ0) is 14.1. The maximum absolute atomic E-state index is 5.85. The van der Waals surface area contributed by atoms with Crippen molar-refractivity contribution in [1.82, 2.24) is 15.1 Å². The van der Waals surface area contributed by atoms with Gasteiger partial charge in [0.1, 0.15) is 0 Å². The van der Waals surface area contributed by atoms with Crippen molar-refractivity contribution >= 4 is 21.6 Å². The molecule has 1 aromatic carbocycles. The molecule has 0 radical (unpaired) electrons. The summed E-state index contributed by atoms with van der Waals surface area (Å²) in [6, 6.07) is 7.41. The van der Waals surface area contributed by atoms with Crippen molar-refractivity contribution in [2.45, 2.75) is 6.92 Å². The number of nitrogens with two attached hydrogens (primary N) is 1. The largest absolute Gasteiger partial charge is 0.398 e. The standard InChI is InChI=1S/C14H11BrN4O/c1-8-4-5-17-7-10(8)13-18-14(20-19-13)9-2-3-11(15)12(16)6-9/h2-7H,16H2,1H3. The third-order valence-corrected chi connectivity index (χ3v) is 3.67. The number of nitrogens with zero attached hydrogens (tertiary/aromatic N) is 3. The Balaban J connectivity index is 2.02. The SMILES string of the molecule is Cc1ccncc1-c1noc(-c2ccc(Br)c(N)c2)n1. The van der Waals surface area contributed by atoms with E-state index < -0.39 is 0 Å². The highest BCUT2D eigenvalue weighted by Gasteiger charge is 2.13. The van der Waals surface area contributed by atoms with Crippen LogP contribution in [0.2, 0.25) is 0 Å². The Morgan fingerprint density at radius 2 is 2.10 bits per heavy atom. The lowest BCUT2D eigenvalue weighted by Crippen LogP contribution is -1.88. The Labute approximate surface area is 124 Å². The van der Waals surface area contributed by atoms with E-state index in [2.05, 4.69) is 31.1 Å². The van der Waals surface area contributed by atoms with Gasteiger partial charge in [-0.25, -0.2) is 0 Å². The Morgan fingerprint density at radius 3 is 2.85 bits per heavy atom. The third-order valence-electron chi connectivity index (χ3n) is 2.95. The van der Waals surface area contributed by atoms with Gasteiger partial charge in [-0.1, -0.05) is 5.16 Å². The summed E-state index contributed by atoms with van der Waals surface area (Å²) in [7, 11) is 0. The molecule has 0 saturated carbocycles. The monoisotopic (exact) mass is 330 g/mol. The molecule has 3 rings (SSSR count). The van der Waals surface area contributed by atoms with E-state index in [0.717, 1.165) is 21.2 Å². The van der Waals surface area contributed by atoms with Crippen molar-refractivity contribution in [3.63, 3.8) is 0 Å². The topological polar surface area (TPSA) is 77.8 Å². The molecule has 2 heterocycles. The molecule has 0 spiro atoms. The van der Waals surface area contributed by atoms with Crippen LogP contribution in [0.15, 0.2) is 45.7 Å². The van der Waals surface area contributed by atoms with E-state index in [1.165, 1.54) is 0 Å². The van der Waals surface area contributed by atoms with Gasteiger partial charge in [0.25, 0.3) is 5.89 Å². The highest BCUT2D eigenvalue weighted by Crippen LogP contribution is 2.28. The van der Waals surface area contributed by atoms with E-state index in [0.29, 0.717) is 17.4 Å². The van der Waals surface area contributed by atoms with Gasteiger partial charge >= 0.3 is 0 Å². The lowest BCUT2D eigenvalue weighted by atomic mass is 10.1. The van der Waals surface area contributed by atoms with Crippen molar-refractivity contribution in [3.8, 4) is 22.8 Å². The van der Waals surface area contributed by atoms with Gasteiger partial charge in [-0.3, -0.25) is 4.98 Å². The first kappa shape index (κ1) is 12.8. The molecule has 0 bridgehead atoms. The zero-order valence-electron chi connectivity index (χ0n) is 10.7. The Kier molecular flexibility index (Phi) is 3.23. The lowest BCUT2D eigenvalue weighted by molar-refractivity contribution is 0.432. The first-order valence-electron chi connectivity index (χ1n) is 5.95. The number of aromatic nitrogens is 3.